The predicted molar refractivity (Wildman–Crippen MR) is 66.0 cm³/mol. The summed E-state index contributed by atoms with van der Waals surface area (Å²) < 4.78 is 0. The Morgan fingerprint density at radius 1 is 0.938 bits per heavy atom. The van der Waals surface area contributed by atoms with Gasteiger partial charge in [0, 0.05) is 5.97 Å². The molecule has 16 heavy (non-hydrogen) atoms. The van der Waals surface area contributed by atoms with Crippen molar-refractivity contribution in [3.8, 4) is 0 Å². The van der Waals surface area contributed by atoms with Crippen LogP contribution in [0, 0.1) is 0 Å². The number of hydrogen-bond acceptors (Lipinski definition) is 2. The topological polar surface area (TPSA) is 40.1 Å². The largest absolute Gasteiger partial charge is 0.550 e. The highest BCUT2D eigenvalue weighted by Gasteiger charge is 1.92. The second kappa shape index (κ2) is 12.3. The van der Waals surface area contributed by atoms with E-state index in [2.05, 4.69) is 19.1 Å². The first-order valence-electron chi connectivity index (χ1n) is 6.58. The lowest BCUT2D eigenvalue weighted by Gasteiger charge is -2.02. The van der Waals surface area contributed by atoms with Crippen LogP contribution in [0.2, 0.25) is 0 Å². The summed E-state index contributed by atoms with van der Waals surface area (Å²) in [5.41, 5.74) is 0. The van der Waals surface area contributed by atoms with E-state index in [-0.39, 0.29) is 6.42 Å². The highest BCUT2D eigenvalue weighted by molar-refractivity contribution is 5.63. The Balaban J connectivity index is 2.96. The molecule has 0 unspecified atom stereocenters. The van der Waals surface area contributed by atoms with Gasteiger partial charge in [0.2, 0.25) is 0 Å². The first kappa shape index (κ1) is 15.2. The average molecular weight is 225 g/mol. The molecule has 0 aliphatic rings. The molecular weight excluding hydrogens is 200 g/mol. The monoisotopic (exact) mass is 225 g/mol. The molecule has 0 radical (unpaired) electrons. The van der Waals surface area contributed by atoms with Crippen LogP contribution in [-0.4, -0.2) is 5.97 Å². The van der Waals surface area contributed by atoms with Gasteiger partial charge in [-0.3, -0.25) is 0 Å². The minimum atomic E-state index is -0.913. The van der Waals surface area contributed by atoms with E-state index in [4.69, 9.17) is 0 Å². The number of carbonyl (C=O) groups excluding carboxylic acids is 1. The first-order valence-corrected chi connectivity index (χ1v) is 6.58. The summed E-state index contributed by atoms with van der Waals surface area (Å²) in [7, 11) is 0. The van der Waals surface area contributed by atoms with Crippen LogP contribution >= 0.6 is 0 Å². The predicted octanol–water partition coefficient (Wildman–Crippen LogP) is 3.21. The molecule has 0 aromatic heterocycles. The van der Waals surface area contributed by atoms with E-state index >= 15 is 0 Å². The highest BCUT2D eigenvalue weighted by atomic mass is 16.4. The van der Waals surface area contributed by atoms with Crippen LogP contribution in [0.1, 0.15) is 71.1 Å². The van der Waals surface area contributed by atoms with Crippen LogP contribution in [0.25, 0.3) is 0 Å². The normalized spacial score (nSPS) is 11.1. The van der Waals surface area contributed by atoms with Gasteiger partial charge in [0.15, 0.2) is 0 Å². The van der Waals surface area contributed by atoms with E-state index in [1.807, 2.05) is 0 Å². The fourth-order valence-electron chi connectivity index (χ4n) is 1.76. The molecule has 0 aromatic rings. The Bertz CT molecular complexity index is 185. The number of carbonyl (C=O) groups is 1. The minimum absolute atomic E-state index is 0.226. The van der Waals surface area contributed by atoms with E-state index in [0.29, 0.717) is 0 Å². The summed E-state index contributed by atoms with van der Waals surface area (Å²) in [4.78, 5) is 10.1. The molecule has 0 atom stereocenters. The van der Waals surface area contributed by atoms with Gasteiger partial charge in [-0.1, -0.05) is 50.7 Å². The summed E-state index contributed by atoms with van der Waals surface area (Å²) in [6, 6.07) is 0. The third-order valence-electron chi connectivity index (χ3n) is 2.74. The number of carboxylic acid groups (broad SMARTS) is 1. The van der Waals surface area contributed by atoms with Crippen molar-refractivity contribution in [2.75, 3.05) is 0 Å². The van der Waals surface area contributed by atoms with Gasteiger partial charge in [0.05, 0.1) is 0 Å². The number of rotatable bonds is 11. The first-order chi connectivity index (χ1) is 7.77. The molecule has 0 spiro atoms. The van der Waals surface area contributed by atoms with Crippen molar-refractivity contribution in [1.82, 2.24) is 0 Å². The Morgan fingerprint density at radius 3 is 1.94 bits per heavy atom. The molecule has 0 N–H and O–H groups in total. The molecule has 0 aliphatic heterocycles. The SMILES string of the molecule is C/C=C/CCCCCCCCCCC(=O)[O-]. The molecule has 2 heteroatoms. The van der Waals surface area contributed by atoms with Gasteiger partial charge in [-0.25, -0.2) is 0 Å². The Labute approximate surface area is 99.7 Å². The average Bonchev–Trinajstić information content (AvgIpc) is 2.25. The quantitative estimate of drug-likeness (QED) is 0.400. The Kier molecular flexibility index (Phi) is 11.7. The van der Waals surface area contributed by atoms with E-state index in [1.54, 1.807) is 0 Å². The molecule has 0 rings (SSSR count). The van der Waals surface area contributed by atoms with Crippen molar-refractivity contribution in [2.45, 2.75) is 71.1 Å². The smallest absolute Gasteiger partial charge is 0.0414 e. The van der Waals surface area contributed by atoms with Gasteiger partial charge in [-0.15, -0.1) is 0 Å². The lowest BCUT2D eigenvalue weighted by atomic mass is 10.1. The van der Waals surface area contributed by atoms with Gasteiger partial charge in [0.1, 0.15) is 0 Å². The lowest BCUT2D eigenvalue weighted by molar-refractivity contribution is -0.305. The van der Waals surface area contributed by atoms with Gasteiger partial charge in [-0.2, -0.15) is 0 Å². The third-order valence-corrected chi connectivity index (χ3v) is 2.74. The van der Waals surface area contributed by atoms with Crippen molar-refractivity contribution in [3.63, 3.8) is 0 Å². The summed E-state index contributed by atoms with van der Waals surface area (Å²) in [6.45, 7) is 2.06. The van der Waals surface area contributed by atoms with E-state index < -0.39 is 5.97 Å². The molecule has 0 fully saturated rings. The molecule has 0 saturated heterocycles. The molecule has 0 aromatic carbocycles. The fourth-order valence-corrected chi connectivity index (χ4v) is 1.76. The van der Waals surface area contributed by atoms with Gasteiger partial charge in [-0.05, 0) is 32.6 Å². The zero-order valence-electron chi connectivity index (χ0n) is 10.5. The molecular formula is C14H25O2-. The lowest BCUT2D eigenvalue weighted by Crippen LogP contribution is -2.21. The molecule has 94 valence electrons. The number of aliphatic carboxylic acids is 1. The second-order valence-corrected chi connectivity index (χ2v) is 4.31. The van der Waals surface area contributed by atoms with Crippen LogP contribution in [0.15, 0.2) is 12.2 Å². The molecule has 0 heterocycles. The van der Waals surface area contributed by atoms with Gasteiger partial charge >= 0.3 is 0 Å². The van der Waals surface area contributed by atoms with Crippen molar-refractivity contribution in [2.24, 2.45) is 0 Å². The van der Waals surface area contributed by atoms with Crippen LogP contribution in [0.3, 0.4) is 0 Å². The Morgan fingerprint density at radius 2 is 1.44 bits per heavy atom. The number of hydrogen-bond donors (Lipinski definition) is 0. The van der Waals surface area contributed by atoms with Crippen molar-refractivity contribution in [3.05, 3.63) is 12.2 Å². The van der Waals surface area contributed by atoms with Crippen LogP contribution in [0.5, 0.6) is 0 Å². The summed E-state index contributed by atoms with van der Waals surface area (Å²) in [5, 5.41) is 10.1. The fraction of sp³-hybridized carbons (Fsp3) is 0.786. The summed E-state index contributed by atoms with van der Waals surface area (Å²) in [5.74, 6) is -0.913. The van der Waals surface area contributed by atoms with Gasteiger partial charge < -0.3 is 9.90 Å². The number of unbranched alkanes of at least 4 members (excludes halogenated alkanes) is 8. The maximum absolute atomic E-state index is 10.1. The molecule has 0 saturated carbocycles. The maximum atomic E-state index is 10.1. The van der Waals surface area contributed by atoms with Crippen LogP contribution in [0.4, 0.5) is 0 Å². The summed E-state index contributed by atoms with van der Waals surface area (Å²) >= 11 is 0. The molecule has 0 aliphatic carbocycles. The zero-order chi connectivity index (χ0) is 12.1. The summed E-state index contributed by atoms with van der Waals surface area (Å²) in [6.07, 6.45) is 15.2. The van der Waals surface area contributed by atoms with Crippen molar-refractivity contribution >= 4 is 5.97 Å². The standard InChI is InChI=1S/C14H26O2/c1-2-3-4-5-6-7-8-9-10-11-12-13-14(15)16/h2-3H,4-13H2,1H3,(H,15,16)/p-1/b3-2+. The number of carboxylic acids is 1. The van der Waals surface area contributed by atoms with Crippen molar-refractivity contribution < 1.29 is 9.90 Å². The maximum Gasteiger partial charge on any atom is 0.0414 e. The van der Waals surface area contributed by atoms with Crippen molar-refractivity contribution in [1.29, 1.82) is 0 Å². The van der Waals surface area contributed by atoms with E-state index in [9.17, 15) is 9.90 Å². The van der Waals surface area contributed by atoms with Crippen LogP contribution in [-0.2, 0) is 4.79 Å². The van der Waals surface area contributed by atoms with E-state index in [1.165, 1.54) is 44.9 Å². The molecule has 2 nitrogen and oxygen atoms in total. The zero-order valence-corrected chi connectivity index (χ0v) is 10.5. The third kappa shape index (κ3) is 13.2. The molecule has 0 bridgehead atoms. The van der Waals surface area contributed by atoms with Crippen LogP contribution < -0.4 is 5.11 Å². The Hall–Kier alpha value is -0.790. The highest BCUT2D eigenvalue weighted by Crippen LogP contribution is 2.10. The minimum Gasteiger partial charge on any atom is -0.550 e. The second-order valence-electron chi connectivity index (χ2n) is 4.31. The van der Waals surface area contributed by atoms with E-state index in [0.717, 1.165) is 12.8 Å². The molecule has 0 amide bonds. The van der Waals surface area contributed by atoms with Gasteiger partial charge in [0.25, 0.3) is 0 Å². The number of allylic oxidation sites excluding steroid dienone is 2.